The van der Waals surface area contributed by atoms with E-state index in [2.05, 4.69) is 28.0 Å². The molecule has 7 N–H and O–H groups in total. The number of rotatable bonds is 8. The van der Waals surface area contributed by atoms with Crippen LogP contribution in [0.2, 0.25) is 0 Å². The minimum absolute atomic E-state index is 0.0294. The van der Waals surface area contributed by atoms with E-state index < -0.39 is 57.2 Å². The van der Waals surface area contributed by atoms with Crippen molar-refractivity contribution in [3.05, 3.63) is 12.7 Å². The molecule has 3 heterocycles. The highest BCUT2D eigenvalue weighted by Crippen LogP contribution is 2.48. The number of hydrogen-bond donors (Lipinski definition) is 6. The monoisotopic (exact) mass is 507 g/mol. The number of imidazole rings is 1. The van der Waals surface area contributed by atoms with E-state index in [1.165, 1.54) is 0 Å². The lowest BCUT2D eigenvalue weighted by Gasteiger charge is -2.22. The van der Waals surface area contributed by atoms with Gasteiger partial charge in [0.2, 0.25) is 0 Å². The van der Waals surface area contributed by atoms with Crippen LogP contribution in [0.1, 0.15) is 6.23 Å². The third-order valence-corrected chi connectivity index (χ3v) is 6.32. The van der Waals surface area contributed by atoms with Crippen LogP contribution in [0.15, 0.2) is 12.7 Å². The van der Waals surface area contributed by atoms with Crippen LogP contribution in [-0.4, -0.2) is 77.2 Å². The second-order valence-corrected chi connectivity index (χ2v) is 9.80. The van der Waals surface area contributed by atoms with Crippen molar-refractivity contribution in [2.24, 2.45) is 0 Å². The maximum absolute atomic E-state index is 11.6. The lowest BCUT2D eigenvalue weighted by Crippen LogP contribution is -2.35. The highest BCUT2D eigenvalue weighted by molar-refractivity contribution is 7.85. The van der Waals surface area contributed by atoms with Gasteiger partial charge in [-0.3, -0.25) is 18.2 Å². The van der Waals surface area contributed by atoms with E-state index in [1.54, 1.807) is 0 Å². The number of phosphoric acid groups is 2. The largest absolute Gasteiger partial charge is 0.488 e. The molecule has 1 saturated heterocycles. The van der Waals surface area contributed by atoms with E-state index in [-0.39, 0.29) is 17.0 Å². The van der Waals surface area contributed by atoms with Gasteiger partial charge in [-0.1, -0.05) is 0 Å². The van der Waals surface area contributed by atoms with Gasteiger partial charge in [0.1, 0.15) is 30.2 Å². The van der Waals surface area contributed by atoms with Crippen molar-refractivity contribution in [2.45, 2.75) is 24.5 Å². The van der Waals surface area contributed by atoms with Gasteiger partial charge >= 0.3 is 26.0 Å². The first kappa shape index (κ1) is 24.1. The smallest absolute Gasteiger partial charge is 0.387 e. The Morgan fingerprint density at radius 1 is 1.23 bits per heavy atom. The van der Waals surface area contributed by atoms with Gasteiger partial charge in [0, 0.05) is 0 Å². The molecule has 0 amide bonds. The molecule has 18 nitrogen and oxygen atoms in total. The fraction of sp³-hybridized carbons (Fsp3) is 0.500. The summed E-state index contributed by atoms with van der Waals surface area (Å²) in [6, 6.07) is 0. The number of nitrogens with two attached hydrogens (primary N) is 1. The van der Waals surface area contributed by atoms with Crippen LogP contribution in [0, 0.1) is 0 Å². The molecule has 0 aliphatic carbocycles. The lowest BCUT2D eigenvalue weighted by atomic mass is 10.1. The van der Waals surface area contributed by atoms with Gasteiger partial charge in [-0.05, 0) is 0 Å². The predicted molar refractivity (Wildman–Crippen MR) is 95.0 cm³/mol. The lowest BCUT2D eigenvalue weighted by molar-refractivity contribution is -0.0495. The Kier molecular flexibility index (Phi) is 6.51. The average Bonchev–Trinajstić information content (AvgIpc) is 3.13. The molecule has 0 bridgehead atoms. The number of phosphoric ester groups is 2. The highest BCUT2D eigenvalue weighted by atomic mass is 32.3. The molecule has 0 aromatic carbocycles. The second-order valence-electron chi connectivity index (χ2n) is 5.97. The molecule has 174 valence electrons. The minimum Gasteiger partial charge on any atom is -0.387 e. The molecule has 2 aromatic heterocycles. The summed E-state index contributed by atoms with van der Waals surface area (Å²) < 4.78 is 71.5. The normalized spacial score (nSPS) is 26.9. The van der Waals surface area contributed by atoms with Crippen molar-refractivity contribution in [1.82, 2.24) is 19.5 Å². The third-order valence-electron chi connectivity index (χ3n) is 3.82. The van der Waals surface area contributed by atoms with E-state index in [4.69, 9.17) is 24.8 Å². The Morgan fingerprint density at radius 3 is 2.52 bits per heavy atom. The van der Waals surface area contributed by atoms with E-state index in [0.29, 0.717) is 0 Å². The Labute approximate surface area is 172 Å². The molecule has 0 saturated carbocycles. The van der Waals surface area contributed by atoms with Crippen molar-refractivity contribution < 1.29 is 59.6 Å². The van der Waals surface area contributed by atoms with Gasteiger partial charge in [-0.2, -0.15) is 8.42 Å². The molecule has 1 aliphatic rings. The number of nitrogen functional groups attached to an aromatic ring is 1. The molecular formula is C10H15N5O13P2S. The summed E-state index contributed by atoms with van der Waals surface area (Å²) >= 11 is 0. The van der Waals surface area contributed by atoms with E-state index >= 15 is 0 Å². The standard InChI is InChI=1S/C10H15N5O13P2S/c11-8-5-9(13-2-12-8)15(3-14-5)10-7(27-29(17,18)19)6(16)4(26-10)1-25-30(20,21)28-31(22,23)24/h2-4,6-7,10,16H,1H2,(H,20,21)(H2,11,12,13)(H2,17,18,19)(H,22,23,24)/t4-,6?,7+,10-/m1/s1. The molecule has 0 radical (unpaired) electrons. The van der Waals surface area contributed by atoms with Crippen LogP contribution in [0.25, 0.3) is 11.2 Å². The number of nitrogens with zero attached hydrogens (tertiary/aromatic N) is 4. The molecule has 3 rings (SSSR count). The molecule has 5 atom stereocenters. The first-order valence-electron chi connectivity index (χ1n) is 7.83. The van der Waals surface area contributed by atoms with E-state index in [9.17, 15) is 27.5 Å². The van der Waals surface area contributed by atoms with Gasteiger partial charge < -0.3 is 30.3 Å². The highest BCUT2D eigenvalue weighted by Gasteiger charge is 2.49. The molecule has 31 heavy (non-hydrogen) atoms. The summed E-state index contributed by atoms with van der Waals surface area (Å²) in [7, 11) is -15.9. The summed E-state index contributed by atoms with van der Waals surface area (Å²) in [5.74, 6) is -0.0294. The zero-order valence-corrected chi connectivity index (χ0v) is 17.4. The number of aliphatic hydroxyl groups excluding tert-OH is 1. The first-order chi connectivity index (χ1) is 14.2. The maximum Gasteiger partial charge on any atom is 0.488 e. The predicted octanol–water partition coefficient (Wildman–Crippen LogP) is -1.92. The molecule has 2 unspecified atom stereocenters. The Hall–Kier alpha value is -1.60. The minimum atomic E-state index is -5.36. The SMILES string of the molecule is Nc1ncnc2c1ncn2[C@@H]1O[C@H](COP(=O)(O)OS(=O)(=O)O)C(O)[C@@H]1OP(=O)(O)O. The molecule has 1 aliphatic heterocycles. The summed E-state index contributed by atoms with van der Waals surface area (Å²) in [6.45, 7) is -1.02. The summed E-state index contributed by atoms with van der Waals surface area (Å²) in [5, 5.41) is 10.4. The van der Waals surface area contributed by atoms with Crippen LogP contribution in [0.4, 0.5) is 5.82 Å². The van der Waals surface area contributed by atoms with Gasteiger partial charge in [0.15, 0.2) is 17.7 Å². The van der Waals surface area contributed by atoms with E-state index in [0.717, 1.165) is 17.2 Å². The molecule has 21 heteroatoms. The third kappa shape index (κ3) is 5.80. The Bertz CT molecular complexity index is 1170. The molecule has 2 aromatic rings. The summed E-state index contributed by atoms with van der Waals surface area (Å²) in [4.78, 5) is 39.2. The molecule has 0 spiro atoms. The summed E-state index contributed by atoms with van der Waals surface area (Å²) in [6.07, 6.45) is -4.58. The van der Waals surface area contributed by atoms with Crippen molar-refractivity contribution in [3.63, 3.8) is 0 Å². The first-order valence-corrected chi connectivity index (χ1v) is 12.2. The number of fused-ring (bicyclic) bond motifs is 1. The van der Waals surface area contributed by atoms with Crippen LogP contribution in [0.5, 0.6) is 0 Å². The molecule has 1 fully saturated rings. The van der Waals surface area contributed by atoms with Crippen molar-refractivity contribution >= 4 is 43.0 Å². The Morgan fingerprint density at radius 2 is 1.90 bits per heavy atom. The van der Waals surface area contributed by atoms with Crippen molar-refractivity contribution in [1.29, 1.82) is 0 Å². The van der Waals surface area contributed by atoms with Gasteiger partial charge in [0.05, 0.1) is 12.9 Å². The number of ether oxygens (including phenoxy) is 1. The fourth-order valence-electron chi connectivity index (χ4n) is 2.72. The molecular weight excluding hydrogens is 492 g/mol. The quantitative estimate of drug-likeness (QED) is 0.168. The van der Waals surface area contributed by atoms with Crippen LogP contribution >= 0.6 is 15.6 Å². The number of hydrogen-bond acceptors (Lipinski definition) is 13. The van der Waals surface area contributed by atoms with Gasteiger partial charge in [-0.25, -0.2) is 24.1 Å². The maximum atomic E-state index is 11.6. The zero-order chi connectivity index (χ0) is 23.2. The average molecular weight is 507 g/mol. The summed E-state index contributed by atoms with van der Waals surface area (Å²) in [5.41, 5.74) is 5.80. The Balaban J connectivity index is 1.88. The zero-order valence-electron chi connectivity index (χ0n) is 14.8. The second kappa shape index (κ2) is 8.39. The van der Waals surface area contributed by atoms with Crippen molar-refractivity contribution in [3.8, 4) is 0 Å². The van der Waals surface area contributed by atoms with Gasteiger partial charge in [0.25, 0.3) is 0 Å². The topological polar surface area (TPSA) is 276 Å². The fourth-order valence-corrected chi connectivity index (χ4v) is 4.72. The number of aliphatic hydroxyl groups is 1. The number of anilines is 1. The van der Waals surface area contributed by atoms with Crippen molar-refractivity contribution in [2.75, 3.05) is 12.3 Å². The van der Waals surface area contributed by atoms with Gasteiger partial charge in [-0.15, -0.1) is 3.97 Å². The van der Waals surface area contributed by atoms with E-state index in [1.807, 2.05) is 0 Å². The van der Waals surface area contributed by atoms with Crippen LogP contribution in [0.3, 0.4) is 0 Å². The van der Waals surface area contributed by atoms with Crippen LogP contribution in [-0.2, 0) is 37.3 Å². The number of aromatic nitrogens is 4. The van der Waals surface area contributed by atoms with Crippen LogP contribution < -0.4 is 5.73 Å².